The van der Waals surface area contributed by atoms with Crippen molar-refractivity contribution in [2.24, 2.45) is 0 Å². The van der Waals surface area contributed by atoms with E-state index >= 15 is 0 Å². The monoisotopic (exact) mass is 405 g/mol. The number of hydrogen-bond acceptors (Lipinski definition) is 6. The number of nitrogens with zero attached hydrogens (tertiary/aromatic N) is 4. The predicted molar refractivity (Wildman–Crippen MR) is 111 cm³/mol. The summed E-state index contributed by atoms with van der Waals surface area (Å²) in [5.41, 5.74) is 1.66. The highest BCUT2D eigenvalue weighted by atomic mass is 16.3. The van der Waals surface area contributed by atoms with Gasteiger partial charge in [0.05, 0.1) is 11.8 Å². The molecule has 0 bridgehead atoms. The average molecular weight is 405 g/mol. The van der Waals surface area contributed by atoms with Crippen LogP contribution in [0.3, 0.4) is 0 Å². The van der Waals surface area contributed by atoms with Crippen LogP contribution in [-0.2, 0) is 6.42 Å². The molecular formula is C22H23N5O3. The molecule has 30 heavy (non-hydrogen) atoms. The van der Waals surface area contributed by atoms with Crippen molar-refractivity contribution in [1.82, 2.24) is 20.2 Å². The SMILES string of the molecule is O=C(NCCc1ccncc1)c1cccnc1N1CCN(C(=O)c2ccco2)CC1. The number of anilines is 1. The number of carbonyl (C=O) groups is 2. The third-order valence-electron chi connectivity index (χ3n) is 5.08. The number of piperazine rings is 1. The smallest absolute Gasteiger partial charge is 0.289 e. The van der Waals surface area contributed by atoms with Crippen molar-refractivity contribution in [3.05, 3.63) is 78.1 Å². The second-order valence-corrected chi connectivity index (χ2v) is 6.99. The number of nitrogens with one attached hydrogen (secondary N) is 1. The van der Waals surface area contributed by atoms with Gasteiger partial charge in [0, 0.05) is 51.3 Å². The molecule has 0 aliphatic carbocycles. The van der Waals surface area contributed by atoms with Gasteiger partial charge < -0.3 is 19.5 Å². The molecule has 0 unspecified atom stereocenters. The van der Waals surface area contributed by atoms with E-state index in [-0.39, 0.29) is 11.8 Å². The van der Waals surface area contributed by atoms with Gasteiger partial charge >= 0.3 is 0 Å². The molecular weight excluding hydrogens is 382 g/mol. The van der Waals surface area contributed by atoms with E-state index in [0.29, 0.717) is 49.9 Å². The Labute approximate surface area is 174 Å². The zero-order valence-electron chi connectivity index (χ0n) is 16.5. The first-order chi connectivity index (χ1) is 14.7. The van der Waals surface area contributed by atoms with Crippen LogP contribution >= 0.6 is 0 Å². The van der Waals surface area contributed by atoms with Crippen LogP contribution < -0.4 is 10.2 Å². The largest absolute Gasteiger partial charge is 0.459 e. The molecule has 154 valence electrons. The first-order valence-corrected chi connectivity index (χ1v) is 9.92. The summed E-state index contributed by atoms with van der Waals surface area (Å²) in [6.45, 7) is 2.81. The van der Waals surface area contributed by atoms with E-state index < -0.39 is 0 Å². The molecule has 1 saturated heterocycles. The van der Waals surface area contributed by atoms with E-state index in [4.69, 9.17) is 4.42 Å². The lowest BCUT2D eigenvalue weighted by Gasteiger charge is -2.35. The maximum Gasteiger partial charge on any atom is 0.289 e. The molecule has 8 heteroatoms. The van der Waals surface area contributed by atoms with Gasteiger partial charge in [-0.1, -0.05) is 0 Å². The van der Waals surface area contributed by atoms with E-state index in [1.54, 1.807) is 47.8 Å². The Bertz CT molecular complexity index is 983. The lowest BCUT2D eigenvalue weighted by Crippen LogP contribution is -2.49. The van der Waals surface area contributed by atoms with Crippen LogP contribution in [0.5, 0.6) is 0 Å². The number of aromatic nitrogens is 2. The lowest BCUT2D eigenvalue weighted by molar-refractivity contribution is 0.0713. The number of furan rings is 1. The molecule has 0 spiro atoms. The summed E-state index contributed by atoms with van der Waals surface area (Å²) in [7, 11) is 0. The Kier molecular flexibility index (Phi) is 6.03. The summed E-state index contributed by atoms with van der Waals surface area (Å²) >= 11 is 0. The number of carbonyl (C=O) groups excluding carboxylic acids is 2. The zero-order valence-corrected chi connectivity index (χ0v) is 16.5. The van der Waals surface area contributed by atoms with Crippen LogP contribution in [0.4, 0.5) is 5.82 Å². The molecule has 8 nitrogen and oxygen atoms in total. The van der Waals surface area contributed by atoms with E-state index in [1.165, 1.54) is 6.26 Å². The van der Waals surface area contributed by atoms with Crippen molar-refractivity contribution in [2.45, 2.75) is 6.42 Å². The van der Waals surface area contributed by atoms with Crippen molar-refractivity contribution in [3.63, 3.8) is 0 Å². The lowest BCUT2D eigenvalue weighted by atomic mass is 10.1. The second-order valence-electron chi connectivity index (χ2n) is 6.99. The summed E-state index contributed by atoms with van der Waals surface area (Å²) in [5.74, 6) is 0.718. The highest BCUT2D eigenvalue weighted by molar-refractivity contribution is 5.99. The summed E-state index contributed by atoms with van der Waals surface area (Å²) in [6.07, 6.45) is 7.40. The maximum absolute atomic E-state index is 12.8. The molecule has 1 aliphatic rings. The number of amides is 2. The van der Waals surface area contributed by atoms with Gasteiger partial charge in [-0.05, 0) is 48.4 Å². The molecule has 0 radical (unpaired) electrons. The highest BCUT2D eigenvalue weighted by Gasteiger charge is 2.26. The second kappa shape index (κ2) is 9.21. The van der Waals surface area contributed by atoms with Crippen molar-refractivity contribution >= 4 is 17.6 Å². The first kappa shape index (κ1) is 19.6. The highest BCUT2D eigenvalue weighted by Crippen LogP contribution is 2.20. The van der Waals surface area contributed by atoms with E-state index in [2.05, 4.69) is 15.3 Å². The van der Waals surface area contributed by atoms with Gasteiger partial charge in [-0.25, -0.2) is 4.98 Å². The molecule has 1 N–H and O–H groups in total. The quantitative estimate of drug-likeness (QED) is 0.675. The molecule has 3 aromatic heterocycles. The number of rotatable bonds is 6. The normalized spacial score (nSPS) is 13.9. The summed E-state index contributed by atoms with van der Waals surface area (Å²) in [6, 6.07) is 10.8. The van der Waals surface area contributed by atoms with Gasteiger partial charge in [0.2, 0.25) is 0 Å². The molecule has 1 aliphatic heterocycles. The average Bonchev–Trinajstić information content (AvgIpc) is 3.34. The Morgan fingerprint density at radius 2 is 1.80 bits per heavy atom. The van der Waals surface area contributed by atoms with Crippen LogP contribution in [0.1, 0.15) is 26.5 Å². The van der Waals surface area contributed by atoms with Crippen molar-refractivity contribution < 1.29 is 14.0 Å². The Morgan fingerprint density at radius 3 is 2.53 bits per heavy atom. The van der Waals surface area contributed by atoms with E-state index in [1.807, 2.05) is 17.0 Å². The molecule has 0 saturated carbocycles. The Balaban J connectivity index is 1.36. The molecule has 4 heterocycles. The Morgan fingerprint density at radius 1 is 1.00 bits per heavy atom. The van der Waals surface area contributed by atoms with Crippen molar-refractivity contribution in [3.8, 4) is 0 Å². The molecule has 4 rings (SSSR count). The van der Waals surface area contributed by atoms with Gasteiger partial charge in [-0.3, -0.25) is 14.6 Å². The summed E-state index contributed by atoms with van der Waals surface area (Å²) in [4.78, 5) is 37.4. The van der Waals surface area contributed by atoms with Crippen LogP contribution in [0.15, 0.2) is 65.7 Å². The molecule has 2 amide bonds. The standard InChI is InChI=1S/C22H23N5O3/c28-21(25-11-7-17-5-9-23-10-6-17)18-3-1-8-24-20(18)26-12-14-27(15-13-26)22(29)19-4-2-16-30-19/h1-6,8-10,16H,7,11-15H2,(H,25,28). The Hall–Kier alpha value is -3.68. The van der Waals surface area contributed by atoms with Gasteiger partial charge in [-0.15, -0.1) is 0 Å². The van der Waals surface area contributed by atoms with Crippen LogP contribution in [0.2, 0.25) is 0 Å². The summed E-state index contributed by atoms with van der Waals surface area (Å²) < 4.78 is 5.21. The minimum Gasteiger partial charge on any atom is -0.459 e. The van der Waals surface area contributed by atoms with Crippen molar-refractivity contribution in [1.29, 1.82) is 0 Å². The molecule has 0 aromatic carbocycles. The predicted octanol–water partition coefficient (Wildman–Crippen LogP) is 2.00. The topological polar surface area (TPSA) is 91.6 Å². The first-order valence-electron chi connectivity index (χ1n) is 9.92. The summed E-state index contributed by atoms with van der Waals surface area (Å²) in [5, 5.41) is 2.97. The zero-order chi connectivity index (χ0) is 20.8. The van der Waals surface area contributed by atoms with Gasteiger partial charge in [-0.2, -0.15) is 0 Å². The molecule has 0 atom stereocenters. The maximum atomic E-state index is 12.8. The third kappa shape index (κ3) is 4.48. The third-order valence-corrected chi connectivity index (χ3v) is 5.08. The van der Waals surface area contributed by atoms with Crippen LogP contribution in [0, 0.1) is 0 Å². The van der Waals surface area contributed by atoms with Gasteiger partial charge in [0.1, 0.15) is 5.82 Å². The number of pyridine rings is 2. The fourth-order valence-electron chi connectivity index (χ4n) is 3.47. The minimum atomic E-state index is -0.152. The van der Waals surface area contributed by atoms with Gasteiger partial charge in [0.15, 0.2) is 5.76 Å². The van der Waals surface area contributed by atoms with E-state index in [0.717, 1.165) is 12.0 Å². The fourth-order valence-corrected chi connectivity index (χ4v) is 3.47. The fraction of sp³-hybridized carbons (Fsp3) is 0.273. The van der Waals surface area contributed by atoms with Crippen LogP contribution in [-0.4, -0.2) is 59.4 Å². The van der Waals surface area contributed by atoms with E-state index in [9.17, 15) is 9.59 Å². The molecule has 1 fully saturated rings. The van der Waals surface area contributed by atoms with Gasteiger partial charge in [0.25, 0.3) is 11.8 Å². The van der Waals surface area contributed by atoms with Crippen molar-refractivity contribution in [2.75, 3.05) is 37.6 Å². The molecule has 3 aromatic rings. The van der Waals surface area contributed by atoms with Crippen LogP contribution in [0.25, 0.3) is 0 Å². The number of hydrogen-bond donors (Lipinski definition) is 1. The minimum absolute atomic E-state index is 0.116.